The Morgan fingerprint density at radius 2 is 2.00 bits per heavy atom. The van der Waals surface area contributed by atoms with Gasteiger partial charge in [-0.25, -0.2) is 18.7 Å². The fourth-order valence-electron chi connectivity index (χ4n) is 5.30. The van der Waals surface area contributed by atoms with Crippen LogP contribution >= 0.6 is 11.3 Å². The van der Waals surface area contributed by atoms with Crippen LogP contribution in [-0.2, 0) is 18.0 Å². The molecule has 1 fully saturated rings. The molecular formula is C25H22F2N6O2S. The van der Waals surface area contributed by atoms with E-state index < -0.39 is 17.7 Å². The van der Waals surface area contributed by atoms with E-state index in [1.54, 1.807) is 12.3 Å². The number of hydrogen-bond donors (Lipinski definition) is 2. The predicted octanol–water partition coefficient (Wildman–Crippen LogP) is 3.38. The number of aliphatic hydroxyl groups excluding tert-OH is 1. The molecule has 4 heterocycles. The summed E-state index contributed by atoms with van der Waals surface area (Å²) in [4.78, 5) is 12.8. The van der Waals surface area contributed by atoms with Gasteiger partial charge in [-0.1, -0.05) is 0 Å². The summed E-state index contributed by atoms with van der Waals surface area (Å²) in [6, 6.07) is 4.75. The van der Waals surface area contributed by atoms with Gasteiger partial charge in [0.15, 0.2) is 5.82 Å². The third kappa shape index (κ3) is 3.26. The second-order valence-corrected chi connectivity index (χ2v) is 10.4. The number of halogens is 2. The number of benzene rings is 2. The molecule has 2 atom stereocenters. The van der Waals surface area contributed by atoms with E-state index in [0.717, 1.165) is 11.3 Å². The molecule has 0 unspecified atom stereocenters. The van der Waals surface area contributed by atoms with Gasteiger partial charge >= 0.3 is 0 Å². The van der Waals surface area contributed by atoms with Crippen molar-refractivity contribution in [1.29, 1.82) is 5.26 Å². The van der Waals surface area contributed by atoms with Gasteiger partial charge in [0.25, 0.3) is 0 Å². The number of nitriles is 1. The maximum absolute atomic E-state index is 16.4. The van der Waals surface area contributed by atoms with Gasteiger partial charge in [-0.3, -0.25) is 0 Å². The molecular weight excluding hydrogens is 486 g/mol. The summed E-state index contributed by atoms with van der Waals surface area (Å²) in [5.41, 5.74) is 7.44. The van der Waals surface area contributed by atoms with Crippen molar-refractivity contribution in [2.45, 2.75) is 25.4 Å². The van der Waals surface area contributed by atoms with Crippen LogP contribution in [-0.4, -0.2) is 59.3 Å². The van der Waals surface area contributed by atoms with Crippen molar-refractivity contribution in [1.82, 2.24) is 14.9 Å². The van der Waals surface area contributed by atoms with Crippen molar-refractivity contribution in [2.75, 3.05) is 37.8 Å². The highest BCUT2D eigenvalue weighted by Gasteiger charge is 2.35. The molecule has 3 N–H and O–H groups in total. The average Bonchev–Trinajstić information content (AvgIpc) is 3.56. The fourth-order valence-corrected chi connectivity index (χ4v) is 6.23. The number of thiophene rings is 1. The minimum Gasteiger partial charge on any atom is -0.390 e. The van der Waals surface area contributed by atoms with E-state index in [1.807, 2.05) is 30.0 Å². The zero-order chi connectivity index (χ0) is 25.3. The second kappa shape index (κ2) is 8.31. The Balaban J connectivity index is 1.61. The maximum Gasteiger partial charge on any atom is 0.226 e. The molecule has 2 aromatic carbocycles. The van der Waals surface area contributed by atoms with Crippen LogP contribution < -0.4 is 10.6 Å². The number of nitrogens with zero attached hydrogens (tertiary/aromatic N) is 5. The van der Waals surface area contributed by atoms with Gasteiger partial charge in [0, 0.05) is 45.9 Å². The Morgan fingerprint density at radius 1 is 1.22 bits per heavy atom. The number of nitrogen functional groups attached to an aromatic ring is 1. The highest BCUT2D eigenvalue weighted by molar-refractivity contribution is 7.23. The van der Waals surface area contributed by atoms with E-state index in [1.165, 1.54) is 6.07 Å². The second-order valence-electron chi connectivity index (χ2n) is 9.32. The number of rotatable bonds is 3. The van der Waals surface area contributed by atoms with Crippen LogP contribution in [0.25, 0.3) is 32.1 Å². The number of likely N-dealkylation sites (N-methyl/N-ethyl adjacent to an activating group) is 1. The summed E-state index contributed by atoms with van der Waals surface area (Å²) < 4.78 is 38.1. The van der Waals surface area contributed by atoms with Crippen molar-refractivity contribution >= 4 is 43.3 Å². The minimum absolute atomic E-state index is 0.0115. The molecule has 6 rings (SSSR count). The number of hydrogen-bond acceptors (Lipinski definition) is 9. The van der Waals surface area contributed by atoms with Crippen LogP contribution in [0, 0.1) is 23.0 Å². The van der Waals surface area contributed by atoms with Crippen LogP contribution in [0.5, 0.6) is 0 Å². The number of aliphatic hydroxyl groups is 1. The zero-order valence-electron chi connectivity index (χ0n) is 19.5. The summed E-state index contributed by atoms with van der Waals surface area (Å²) in [7, 11) is 3.77. The molecule has 2 aromatic heterocycles. The molecule has 4 aromatic rings. The van der Waals surface area contributed by atoms with Crippen LogP contribution in [0.2, 0.25) is 0 Å². The highest BCUT2D eigenvalue weighted by atomic mass is 32.1. The van der Waals surface area contributed by atoms with Crippen LogP contribution in [0.1, 0.15) is 16.7 Å². The maximum atomic E-state index is 16.4. The van der Waals surface area contributed by atoms with E-state index >= 15 is 8.78 Å². The Labute approximate surface area is 209 Å². The van der Waals surface area contributed by atoms with Gasteiger partial charge in [0.1, 0.15) is 22.4 Å². The SMILES string of the molecule is CN(C)[C@@H]1CN(c2ncc3c4c(c(-c5c(F)ccc6sc(N)c(C#N)c56)c(F)c3n2)COC4)C[C@H]1O. The third-order valence-corrected chi connectivity index (χ3v) is 8.07. The average molecular weight is 509 g/mol. The third-order valence-electron chi connectivity index (χ3n) is 7.09. The Hall–Kier alpha value is -3.43. The first kappa shape index (κ1) is 23.0. The van der Waals surface area contributed by atoms with E-state index in [2.05, 4.69) is 9.97 Å². The number of anilines is 2. The largest absolute Gasteiger partial charge is 0.390 e. The number of ether oxygens (including phenoxy) is 1. The zero-order valence-corrected chi connectivity index (χ0v) is 20.4. The van der Waals surface area contributed by atoms with E-state index in [4.69, 9.17) is 10.5 Å². The van der Waals surface area contributed by atoms with Crippen molar-refractivity contribution in [3.63, 3.8) is 0 Å². The molecule has 1 saturated heterocycles. The number of aromatic nitrogens is 2. The van der Waals surface area contributed by atoms with E-state index in [9.17, 15) is 10.4 Å². The van der Waals surface area contributed by atoms with Crippen molar-refractivity contribution < 1.29 is 18.6 Å². The molecule has 36 heavy (non-hydrogen) atoms. The Kier molecular flexibility index (Phi) is 5.31. The first-order chi connectivity index (χ1) is 17.3. The topological polar surface area (TPSA) is 112 Å². The molecule has 184 valence electrons. The summed E-state index contributed by atoms with van der Waals surface area (Å²) in [6.45, 7) is 1.10. The lowest BCUT2D eigenvalue weighted by molar-refractivity contribution is 0.114. The molecule has 0 aliphatic carbocycles. The van der Waals surface area contributed by atoms with Crippen LogP contribution in [0.4, 0.5) is 19.7 Å². The van der Waals surface area contributed by atoms with Gasteiger partial charge in [0.2, 0.25) is 5.95 Å². The molecule has 2 aliphatic heterocycles. The minimum atomic E-state index is -0.707. The number of nitrogens with two attached hydrogens (primary N) is 1. The summed E-state index contributed by atoms with van der Waals surface area (Å²) in [5.74, 6) is -1.08. The summed E-state index contributed by atoms with van der Waals surface area (Å²) in [5, 5.41) is 21.2. The first-order valence-electron chi connectivity index (χ1n) is 11.4. The van der Waals surface area contributed by atoms with Gasteiger partial charge in [-0.2, -0.15) is 5.26 Å². The summed E-state index contributed by atoms with van der Waals surface area (Å²) in [6.07, 6.45) is 0.960. The highest BCUT2D eigenvalue weighted by Crippen LogP contribution is 2.46. The normalized spacial score (nSPS) is 19.5. The Bertz CT molecular complexity index is 1600. The fraction of sp³-hybridized carbons (Fsp3) is 0.320. The van der Waals surface area contributed by atoms with Gasteiger partial charge in [-0.15, -0.1) is 11.3 Å². The van der Waals surface area contributed by atoms with Crippen molar-refractivity contribution in [3.8, 4) is 17.2 Å². The molecule has 0 radical (unpaired) electrons. The monoisotopic (exact) mass is 508 g/mol. The smallest absolute Gasteiger partial charge is 0.226 e. The van der Waals surface area contributed by atoms with Gasteiger partial charge in [0.05, 0.1) is 30.9 Å². The number of fused-ring (bicyclic) bond motifs is 4. The lowest BCUT2D eigenvalue weighted by Crippen LogP contribution is -2.38. The lowest BCUT2D eigenvalue weighted by Gasteiger charge is -2.21. The van der Waals surface area contributed by atoms with E-state index in [-0.39, 0.29) is 57.8 Å². The van der Waals surface area contributed by atoms with Gasteiger partial charge in [-0.05, 0) is 37.4 Å². The van der Waals surface area contributed by atoms with Crippen molar-refractivity contribution in [2.24, 2.45) is 0 Å². The first-order valence-corrected chi connectivity index (χ1v) is 12.2. The van der Waals surface area contributed by atoms with Crippen LogP contribution in [0.3, 0.4) is 0 Å². The van der Waals surface area contributed by atoms with Crippen molar-refractivity contribution in [3.05, 3.63) is 46.7 Å². The molecule has 0 bridgehead atoms. The molecule has 8 nitrogen and oxygen atoms in total. The van der Waals surface area contributed by atoms with E-state index in [0.29, 0.717) is 34.3 Å². The predicted molar refractivity (Wildman–Crippen MR) is 134 cm³/mol. The number of β-amino-alcohol motifs (C(OH)–C–C–N with tert-alkyl or cyclic N) is 1. The van der Waals surface area contributed by atoms with Crippen LogP contribution in [0.15, 0.2) is 18.3 Å². The summed E-state index contributed by atoms with van der Waals surface area (Å²) >= 11 is 1.16. The molecule has 2 aliphatic rings. The Morgan fingerprint density at radius 3 is 2.72 bits per heavy atom. The molecule has 0 amide bonds. The molecule has 0 saturated carbocycles. The lowest BCUT2D eigenvalue weighted by atomic mass is 9.90. The molecule has 11 heteroatoms. The standard InChI is InChI=1S/C25H22F2N6O2S/c1-32(2)16-7-33(8-17(16)34)25-30-6-12-13-9-35-10-14(13)20(22(27)23(12)31-25)21-15(26)3-4-18-19(21)11(5-28)24(29)36-18/h3-4,6,16-17,34H,7-10,29H2,1-2H3/t16-,17-/m1/s1. The molecule has 0 spiro atoms. The van der Waals surface area contributed by atoms with Gasteiger partial charge < -0.3 is 25.4 Å². The quantitative estimate of drug-likeness (QED) is 0.433.